The lowest BCUT2D eigenvalue weighted by Gasteiger charge is -1.98. The van der Waals surface area contributed by atoms with E-state index >= 15 is 0 Å². The van der Waals surface area contributed by atoms with Crippen molar-refractivity contribution < 1.29 is 4.79 Å². The summed E-state index contributed by atoms with van der Waals surface area (Å²) >= 11 is 0. The lowest BCUT2D eigenvalue weighted by molar-refractivity contribution is -0.114. The molecule has 0 fully saturated rings. The fourth-order valence-corrected chi connectivity index (χ4v) is 2.19. The number of hydrogen-bond acceptors (Lipinski definition) is 1. The molecule has 0 rings (SSSR count). The molecular weight excluding hydrogens is 304 g/mol. The molecule has 0 atom stereocenters. The second kappa shape index (κ2) is 20.2. The molecule has 0 aromatic carbocycles. The van der Waals surface area contributed by atoms with E-state index < -0.39 is 0 Å². The van der Waals surface area contributed by atoms with Crippen molar-refractivity contribution in [2.24, 2.45) is 0 Å². The van der Waals surface area contributed by atoms with Crippen LogP contribution in [0, 0.1) is 0 Å². The summed E-state index contributed by atoms with van der Waals surface area (Å²) in [5.74, 6) is 0.152. The van der Waals surface area contributed by atoms with E-state index in [1.807, 2.05) is 49.5 Å². The van der Waals surface area contributed by atoms with Crippen molar-refractivity contribution in [3.05, 3.63) is 72.9 Å². The van der Waals surface area contributed by atoms with E-state index in [0.717, 1.165) is 0 Å². The summed E-state index contributed by atoms with van der Waals surface area (Å²) in [7, 11) is 0. The van der Waals surface area contributed by atoms with Crippen molar-refractivity contribution in [3.8, 4) is 0 Å². The molecule has 25 heavy (non-hydrogen) atoms. The normalized spacial score (nSPS) is 13.0. The molecule has 0 heterocycles. The molecule has 0 unspecified atom stereocenters. The van der Waals surface area contributed by atoms with Crippen LogP contribution in [0.25, 0.3) is 0 Å². The van der Waals surface area contributed by atoms with Crippen LogP contribution in [0.2, 0.25) is 0 Å². The number of carbonyl (C=O) groups is 1. The molecule has 0 saturated carbocycles. The Hall–Kier alpha value is -1.89. The van der Waals surface area contributed by atoms with E-state index in [1.54, 1.807) is 12.2 Å². The molecule has 0 aliphatic rings. The standard InChI is InChI=1S/C24H36O/c1-3-5-6-7-8-9-10-11-12-13-14-15-16-17-18-19-20-21-22-23-24(25)4-2/h12-23H,3-11H2,1-2H3. The average Bonchev–Trinajstić information content (AvgIpc) is 2.63. The number of rotatable bonds is 15. The van der Waals surface area contributed by atoms with E-state index in [9.17, 15) is 4.79 Å². The van der Waals surface area contributed by atoms with Gasteiger partial charge in [-0.2, -0.15) is 0 Å². The summed E-state index contributed by atoms with van der Waals surface area (Å²) in [6, 6.07) is 0. The molecule has 138 valence electrons. The summed E-state index contributed by atoms with van der Waals surface area (Å²) in [5, 5.41) is 0. The maximum absolute atomic E-state index is 11.0. The van der Waals surface area contributed by atoms with Crippen LogP contribution in [0.4, 0.5) is 0 Å². The number of unbranched alkanes of at least 4 members (excludes halogenated alkanes) is 7. The first-order valence-electron chi connectivity index (χ1n) is 9.84. The van der Waals surface area contributed by atoms with E-state index in [-0.39, 0.29) is 5.78 Å². The van der Waals surface area contributed by atoms with Gasteiger partial charge in [-0.15, -0.1) is 0 Å². The van der Waals surface area contributed by atoms with Crippen LogP contribution in [0.3, 0.4) is 0 Å². The Morgan fingerprint density at radius 1 is 0.600 bits per heavy atom. The Balaban J connectivity index is 3.61. The van der Waals surface area contributed by atoms with Gasteiger partial charge in [0.2, 0.25) is 0 Å². The van der Waals surface area contributed by atoms with Gasteiger partial charge in [-0.3, -0.25) is 4.79 Å². The van der Waals surface area contributed by atoms with Crippen LogP contribution in [0.15, 0.2) is 72.9 Å². The molecule has 0 spiro atoms. The predicted octanol–water partition coefficient (Wildman–Crippen LogP) is 7.44. The van der Waals surface area contributed by atoms with Crippen molar-refractivity contribution in [2.45, 2.75) is 71.6 Å². The Bertz CT molecular complexity index is 472. The highest BCUT2D eigenvalue weighted by Crippen LogP contribution is 2.08. The van der Waals surface area contributed by atoms with E-state index in [2.05, 4.69) is 25.2 Å². The molecule has 0 saturated heterocycles. The van der Waals surface area contributed by atoms with Gasteiger partial charge in [0, 0.05) is 6.42 Å². The summed E-state index contributed by atoms with van der Waals surface area (Å²) in [4.78, 5) is 11.0. The van der Waals surface area contributed by atoms with E-state index in [4.69, 9.17) is 0 Å². The van der Waals surface area contributed by atoms with Crippen LogP contribution in [0.5, 0.6) is 0 Å². The van der Waals surface area contributed by atoms with Crippen molar-refractivity contribution in [1.82, 2.24) is 0 Å². The van der Waals surface area contributed by atoms with Gasteiger partial charge < -0.3 is 0 Å². The Kier molecular flexibility index (Phi) is 18.6. The highest BCUT2D eigenvalue weighted by atomic mass is 16.1. The molecule has 0 amide bonds. The Labute approximate surface area is 155 Å². The van der Waals surface area contributed by atoms with Gasteiger partial charge in [0.1, 0.15) is 0 Å². The van der Waals surface area contributed by atoms with Gasteiger partial charge in [0.25, 0.3) is 0 Å². The van der Waals surface area contributed by atoms with Crippen LogP contribution in [0.1, 0.15) is 71.6 Å². The molecule has 0 radical (unpaired) electrons. The predicted molar refractivity (Wildman–Crippen MR) is 113 cm³/mol. The molecule has 0 aromatic rings. The lowest BCUT2D eigenvalue weighted by atomic mass is 10.1. The van der Waals surface area contributed by atoms with Crippen molar-refractivity contribution in [2.75, 3.05) is 0 Å². The average molecular weight is 341 g/mol. The highest BCUT2D eigenvalue weighted by Gasteiger charge is 1.88. The van der Waals surface area contributed by atoms with Gasteiger partial charge in [0.05, 0.1) is 0 Å². The van der Waals surface area contributed by atoms with Crippen molar-refractivity contribution in [3.63, 3.8) is 0 Å². The SMILES string of the molecule is CCCCCCCCCC=CC=CC=CC=CC=CC=CC(=O)CC. The zero-order valence-electron chi connectivity index (χ0n) is 16.2. The molecular formula is C24H36O. The van der Waals surface area contributed by atoms with Gasteiger partial charge in [-0.25, -0.2) is 0 Å². The number of carbonyl (C=O) groups excluding carboxylic acids is 1. The quantitative estimate of drug-likeness (QED) is 0.172. The van der Waals surface area contributed by atoms with Gasteiger partial charge in [0.15, 0.2) is 5.78 Å². The second-order valence-corrected chi connectivity index (χ2v) is 6.06. The third kappa shape index (κ3) is 20.1. The fourth-order valence-electron chi connectivity index (χ4n) is 2.19. The minimum absolute atomic E-state index is 0.152. The van der Waals surface area contributed by atoms with Crippen LogP contribution in [-0.4, -0.2) is 5.78 Å². The largest absolute Gasteiger partial charge is 0.295 e. The lowest BCUT2D eigenvalue weighted by Crippen LogP contribution is -1.85. The second-order valence-electron chi connectivity index (χ2n) is 6.06. The minimum Gasteiger partial charge on any atom is -0.295 e. The van der Waals surface area contributed by atoms with E-state index in [0.29, 0.717) is 6.42 Å². The van der Waals surface area contributed by atoms with Crippen LogP contribution >= 0.6 is 0 Å². The monoisotopic (exact) mass is 340 g/mol. The van der Waals surface area contributed by atoms with Gasteiger partial charge >= 0.3 is 0 Å². The third-order valence-corrected chi connectivity index (χ3v) is 3.74. The molecule has 0 aliphatic heterocycles. The zero-order chi connectivity index (χ0) is 18.4. The smallest absolute Gasteiger partial charge is 0.155 e. The Morgan fingerprint density at radius 3 is 1.64 bits per heavy atom. The molecule has 1 nitrogen and oxygen atoms in total. The molecule has 0 aromatic heterocycles. The maximum atomic E-state index is 11.0. The zero-order valence-corrected chi connectivity index (χ0v) is 16.2. The first kappa shape index (κ1) is 23.1. The van der Waals surface area contributed by atoms with Crippen molar-refractivity contribution >= 4 is 5.78 Å². The molecule has 1 heteroatoms. The summed E-state index contributed by atoms with van der Waals surface area (Å²) in [5.41, 5.74) is 0. The molecule has 0 aliphatic carbocycles. The highest BCUT2D eigenvalue weighted by molar-refractivity contribution is 5.89. The van der Waals surface area contributed by atoms with Gasteiger partial charge in [-0.05, 0) is 18.9 Å². The first-order chi connectivity index (χ1) is 12.3. The number of hydrogen-bond donors (Lipinski definition) is 0. The topological polar surface area (TPSA) is 17.1 Å². The summed E-state index contributed by atoms with van der Waals surface area (Å²) in [6.07, 6.45) is 34.9. The summed E-state index contributed by atoms with van der Waals surface area (Å²) < 4.78 is 0. The van der Waals surface area contributed by atoms with Crippen molar-refractivity contribution in [1.29, 1.82) is 0 Å². The fraction of sp³-hybridized carbons (Fsp3) is 0.458. The molecule has 0 bridgehead atoms. The van der Waals surface area contributed by atoms with Crippen LogP contribution in [-0.2, 0) is 4.79 Å². The van der Waals surface area contributed by atoms with Crippen LogP contribution < -0.4 is 0 Å². The van der Waals surface area contributed by atoms with E-state index in [1.165, 1.54) is 51.4 Å². The first-order valence-corrected chi connectivity index (χ1v) is 9.84. The maximum Gasteiger partial charge on any atom is 0.155 e. The molecule has 0 N–H and O–H groups in total. The Morgan fingerprint density at radius 2 is 1.08 bits per heavy atom. The summed E-state index contributed by atoms with van der Waals surface area (Å²) in [6.45, 7) is 4.12. The number of ketones is 1. The van der Waals surface area contributed by atoms with Gasteiger partial charge in [-0.1, -0.05) is 119 Å². The number of allylic oxidation sites excluding steroid dienone is 12. The third-order valence-electron chi connectivity index (χ3n) is 3.74. The minimum atomic E-state index is 0.152.